The average Bonchev–Trinajstić information content (AvgIpc) is 2.61. The van der Waals surface area contributed by atoms with Crippen molar-refractivity contribution >= 4 is 39.7 Å². The van der Waals surface area contributed by atoms with Gasteiger partial charge in [0.15, 0.2) is 0 Å². The second-order valence-electron chi connectivity index (χ2n) is 6.23. The minimum atomic E-state index is -3.34. The summed E-state index contributed by atoms with van der Waals surface area (Å²) in [4.78, 5) is 12.3. The Bertz CT molecular complexity index is 838. The highest BCUT2D eigenvalue weighted by Crippen LogP contribution is 2.18. The van der Waals surface area contributed by atoms with Crippen LogP contribution < -0.4 is 15.8 Å². The first-order valence-electron chi connectivity index (χ1n) is 8.54. The van der Waals surface area contributed by atoms with Gasteiger partial charge in [0.25, 0.3) is 0 Å². The number of benzene rings is 2. The van der Waals surface area contributed by atoms with Crippen LogP contribution in [0.3, 0.4) is 0 Å². The third kappa shape index (κ3) is 7.21. The van der Waals surface area contributed by atoms with Gasteiger partial charge >= 0.3 is 0 Å². The lowest BCUT2D eigenvalue weighted by Gasteiger charge is -2.13. The van der Waals surface area contributed by atoms with Crippen LogP contribution in [0.25, 0.3) is 0 Å². The number of halogens is 1. The van der Waals surface area contributed by atoms with Gasteiger partial charge < -0.3 is 11.1 Å². The maximum Gasteiger partial charge on any atom is 0.245 e. The zero-order valence-electron chi connectivity index (χ0n) is 15.4. The molecule has 0 saturated carbocycles. The summed E-state index contributed by atoms with van der Waals surface area (Å²) >= 11 is 0. The number of carbonyl (C=O) groups excluding carboxylic acids is 1. The Hall–Kier alpha value is -2.09. The van der Waals surface area contributed by atoms with Crippen molar-refractivity contribution in [1.29, 1.82) is 0 Å². The fourth-order valence-corrected chi connectivity index (χ4v) is 3.60. The number of hydrogen-bond donors (Lipinski definition) is 3. The topological polar surface area (TPSA) is 101 Å². The van der Waals surface area contributed by atoms with Crippen LogP contribution in [0, 0.1) is 6.92 Å². The number of aryl methyl sites for hydroxylation is 1. The predicted molar refractivity (Wildman–Crippen MR) is 113 cm³/mol. The summed E-state index contributed by atoms with van der Waals surface area (Å²) in [7, 11) is -3.34. The molecule has 0 fully saturated rings. The molecule has 2 aromatic rings. The smallest absolute Gasteiger partial charge is 0.245 e. The fraction of sp³-hybridized carbons (Fsp3) is 0.316. The normalized spacial score (nSPS) is 12.0. The zero-order valence-corrected chi connectivity index (χ0v) is 17.1. The molecule has 8 heteroatoms. The lowest BCUT2D eigenvalue weighted by atomic mass is 10.1. The first kappa shape index (κ1) is 23.0. The molecule has 0 aliphatic carbocycles. The van der Waals surface area contributed by atoms with Crippen LogP contribution in [-0.4, -0.2) is 20.1 Å². The van der Waals surface area contributed by atoms with E-state index in [-0.39, 0.29) is 24.1 Å². The number of nitrogens with two attached hydrogens (primary N) is 1. The number of amides is 1. The van der Waals surface area contributed by atoms with E-state index in [0.717, 1.165) is 17.5 Å². The molecule has 0 aliphatic heterocycles. The molecule has 27 heavy (non-hydrogen) atoms. The van der Waals surface area contributed by atoms with Crippen molar-refractivity contribution in [2.24, 2.45) is 5.73 Å². The van der Waals surface area contributed by atoms with Crippen molar-refractivity contribution in [3.63, 3.8) is 0 Å². The van der Waals surface area contributed by atoms with Crippen LogP contribution in [0.5, 0.6) is 0 Å². The molecule has 0 spiro atoms. The lowest BCUT2D eigenvalue weighted by Crippen LogP contribution is -2.27. The Morgan fingerprint density at radius 3 is 2.15 bits per heavy atom. The van der Waals surface area contributed by atoms with Crippen LogP contribution >= 0.6 is 12.4 Å². The van der Waals surface area contributed by atoms with E-state index >= 15 is 0 Å². The van der Waals surface area contributed by atoms with Crippen LogP contribution in [0.4, 0.5) is 11.4 Å². The second-order valence-corrected chi connectivity index (χ2v) is 8.07. The maximum absolute atomic E-state index is 12.3. The Morgan fingerprint density at radius 1 is 1.04 bits per heavy atom. The van der Waals surface area contributed by atoms with Crippen molar-refractivity contribution in [2.75, 3.05) is 15.8 Å². The maximum atomic E-state index is 12.3. The molecule has 4 N–H and O–H groups in total. The van der Waals surface area contributed by atoms with Gasteiger partial charge in [-0.1, -0.05) is 43.2 Å². The minimum absolute atomic E-state index is 0. The van der Waals surface area contributed by atoms with Crippen molar-refractivity contribution in [3.05, 3.63) is 59.7 Å². The summed E-state index contributed by atoms with van der Waals surface area (Å²) < 4.78 is 26.3. The highest BCUT2D eigenvalue weighted by molar-refractivity contribution is 7.92. The first-order valence-corrected chi connectivity index (χ1v) is 10.2. The summed E-state index contributed by atoms with van der Waals surface area (Å²) in [5, 5.41) is 2.74. The molecule has 1 unspecified atom stereocenters. The third-order valence-electron chi connectivity index (χ3n) is 3.91. The van der Waals surface area contributed by atoms with Crippen molar-refractivity contribution < 1.29 is 13.2 Å². The Labute approximate surface area is 167 Å². The van der Waals surface area contributed by atoms with E-state index in [1.165, 1.54) is 0 Å². The van der Waals surface area contributed by atoms with E-state index in [2.05, 4.69) is 10.0 Å². The number of unbranched alkanes of at least 4 members (excludes halogenated alkanes) is 1. The highest BCUT2D eigenvalue weighted by Gasteiger charge is 2.16. The Kier molecular flexibility index (Phi) is 8.75. The van der Waals surface area contributed by atoms with Gasteiger partial charge in [0.05, 0.1) is 5.75 Å². The number of nitrogens with one attached hydrogen (secondary N) is 2. The summed E-state index contributed by atoms with van der Waals surface area (Å²) in [6, 6.07) is 13.2. The molecule has 0 heterocycles. The number of rotatable bonds is 8. The average molecular weight is 412 g/mol. The quantitative estimate of drug-likeness (QED) is 0.617. The summed E-state index contributed by atoms with van der Waals surface area (Å²) in [5.74, 6) is -0.238. The molecule has 1 atom stereocenters. The van der Waals surface area contributed by atoms with Crippen LogP contribution in [0.2, 0.25) is 0 Å². The predicted octanol–water partition coefficient (Wildman–Crippen LogP) is 3.60. The van der Waals surface area contributed by atoms with E-state index in [4.69, 9.17) is 5.73 Å². The van der Waals surface area contributed by atoms with Gasteiger partial charge in [0, 0.05) is 11.4 Å². The van der Waals surface area contributed by atoms with Gasteiger partial charge in [-0.2, -0.15) is 0 Å². The van der Waals surface area contributed by atoms with E-state index < -0.39 is 16.1 Å². The largest absolute Gasteiger partial charge is 0.324 e. The molecule has 0 saturated heterocycles. The summed E-state index contributed by atoms with van der Waals surface area (Å²) in [5.41, 5.74) is 8.83. The SMILES string of the molecule is CCCCS(=O)(=O)Nc1ccc(NC(=O)C(N)c2ccc(C)cc2)cc1.Cl. The molecular formula is C19H26ClN3O3S. The molecule has 0 aliphatic rings. The van der Waals surface area contributed by atoms with Crippen molar-refractivity contribution in [1.82, 2.24) is 0 Å². The number of anilines is 2. The van der Waals surface area contributed by atoms with Gasteiger partial charge in [-0.3, -0.25) is 9.52 Å². The van der Waals surface area contributed by atoms with E-state index in [1.807, 2.05) is 38.1 Å². The van der Waals surface area contributed by atoms with Gasteiger partial charge in [-0.25, -0.2) is 8.42 Å². The molecule has 0 bridgehead atoms. The highest BCUT2D eigenvalue weighted by atomic mass is 35.5. The standard InChI is InChI=1S/C19H25N3O3S.ClH/c1-3-4-13-26(24,25)22-17-11-9-16(10-12-17)21-19(23)18(20)15-7-5-14(2)6-8-15;/h5-12,18,22H,3-4,13,20H2,1-2H3,(H,21,23);1H. The Balaban J connectivity index is 0.00000364. The summed E-state index contributed by atoms with van der Waals surface area (Å²) in [6.07, 6.45) is 1.42. The molecule has 1 amide bonds. The molecule has 2 rings (SSSR count). The second kappa shape index (κ2) is 10.3. The minimum Gasteiger partial charge on any atom is -0.324 e. The van der Waals surface area contributed by atoms with E-state index in [0.29, 0.717) is 17.8 Å². The molecule has 2 aromatic carbocycles. The van der Waals surface area contributed by atoms with Crippen LogP contribution in [0.15, 0.2) is 48.5 Å². The van der Waals surface area contributed by atoms with Gasteiger partial charge in [0.1, 0.15) is 6.04 Å². The monoisotopic (exact) mass is 411 g/mol. The molecule has 6 nitrogen and oxygen atoms in total. The number of sulfonamides is 1. The first-order chi connectivity index (χ1) is 12.3. The van der Waals surface area contributed by atoms with E-state index in [9.17, 15) is 13.2 Å². The summed E-state index contributed by atoms with van der Waals surface area (Å²) in [6.45, 7) is 3.90. The van der Waals surface area contributed by atoms with E-state index in [1.54, 1.807) is 24.3 Å². The zero-order chi connectivity index (χ0) is 19.2. The molecule has 148 valence electrons. The fourth-order valence-electron chi connectivity index (χ4n) is 2.33. The lowest BCUT2D eigenvalue weighted by molar-refractivity contribution is -0.117. The molecular weight excluding hydrogens is 386 g/mol. The third-order valence-corrected chi connectivity index (χ3v) is 5.28. The van der Waals surface area contributed by atoms with Gasteiger partial charge in [-0.05, 0) is 43.2 Å². The van der Waals surface area contributed by atoms with Crippen LogP contribution in [0.1, 0.15) is 36.9 Å². The van der Waals surface area contributed by atoms with Crippen LogP contribution in [-0.2, 0) is 14.8 Å². The molecule has 0 aromatic heterocycles. The van der Waals surface area contributed by atoms with Gasteiger partial charge in [-0.15, -0.1) is 12.4 Å². The van der Waals surface area contributed by atoms with Crippen molar-refractivity contribution in [3.8, 4) is 0 Å². The Morgan fingerprint density at radius 2 is 1.59 bits per heavy atom. The molecule has 0 radical (unpaired) electrons. The van der Waals surface area contributed by atoms with Gasteiger partial charge in [0.2, 0.25) is 15.9 Å². The number of carbonyl (C=O) groups is 1. The van der Waals surface area contributed by atoms with Crippen molar-refractivity contribution in [2.45, 2.75) is 32.7 Å². The number of hydrogen-bond acceptors (Lipinski definition) is 4.